The van der Waals surface area contributed by atoms with Crippen molar-refractivity contribution < 1.29 is 22.3 Å². The second kappa shape index (κ2) is 7.94. The summed E-state index contributed by atoms with van der Waals surface area (Å²) in [5.41, 5.74) is -0.831. The first-order chi connectivity index (χ1) is 13.1. The molecule has 2 saturated carbocycles. The van der Waals surface area contributed by atoms with Crippen LogP contribution >= 0.6 is 0 Å². The summed E-state index contributed by atoms with van der Waals surface area (Å²) in [7, 11) is 0. The van der Waals surface area contributed by atoms with Gasteiger partial charge in [0, 0.05) is 30.8 Å². The molecule has 0 aromatic rings. The zero-order valence-corrected chi connectivity index (χ0v) is 16.9. The van der Waals surface area contributed by atoms with Gasteiger partial charge >= 0.3 is 0 Å². The van der Waals surface area contributed by atoms with E-state index in [-0.39, 0.29) is 5.41 Å². The second-order valence-electron chi connectivity index (χ2n) is 8.65. The standard InChI is InChI=1S/C18H28F2N4O3S/c1-16(19,20)12-14(15(25)22-18(13-21)6-7-18)24(28(26)27)23-10-8-17(9-11-23)4-2-3-5-17/h14H,2-12H2,1H3,(H,22,25)(H,26,27)/p-1. The fourth-order valence-electron chi connectivity index (χ4n) is 4.51. The molecule has 0 bridgehead atoms. The molecule has 10 heteroatoms. The molecular weight excluding hydrogens is 390 g/mol. The van der Waals surface area contributed by atoms with Crippen LogP contribution < -0.4 is 5.32 Å². The highest BCUT2D eigenvalue weighted by atomic mass is 32.2. The van der Waals surface area contributed by atoms with Gasteiger partial charge in [0.2, 0.25) is 11.8 Å². The average Bonchev–Trinajstić information content (AvgIpc) is 3.24. The molecule has 0 radical (unpaired) electrons. The predicted octanol–water partition coefficient (Wildman–Crippen LogP) is 2.24. The largest absolute Gasteiger partial charge is 0.759 e. The van der Waals surface area contributed by atoms with Gasteiger partial charge < -0.3 is 9.87 Å². The molecule has 3 rings (SSSR count). The lowest BCUT2D eigenvalue weighted by Gasteiger charge is -2.46. The van der Waals surface area contributed by atoms with E-state index in [1.807, 2.05) is 6.07 Å². The molecule has 158 valence electrons. The number of nitrogens with one attached hydrogen (secondary N) is 1. The fourth-order valence-corrected chi connectivity index (χ4v) is 5.24. The molecule has 1 saturated heterocycles. The average molecular weight is 418 g/mol. The van der Waals surface area contributed by atoms with E-state index in [0.29, 0.717) is 32.9 Å². The van der Waals surface area contributed by atoms with Gasteiger partial charge in [0.25, 0.3) is 0 Å². The Morgan fingerprint density at radius 3 is 2.29 bits per heavy atom. The molecular formula is C18H27F2N4O3S-. The number of nitriles is 1. The van der Waals surface area contributed by atoms with E-state index in [1.165, 1.54) is 17.9 Å². The van der Waals surface area contributed by atoms with Gasteiger partial charge in [0.15, 0.2) is 0 Å². The number of alkyl halides is 2. The quantitative estimate of drug-likeness (QED) is 0.641. The highest BCUT2D eigenvalue weighted by Gasteiger charge is 2.48. The normalized spacial score (nSPS) is 26.0. The lowest BCUT2D eigenvalue weighted by molar-refractivity contribution is -0.137. The highest BCUT2D eigenvalue weighted by molar-refractivity contribution is 7.76. The Balaban J connectivity index is 1.77. The van der Waals surface area contributed by atoms with E-state index in [1.54, 1.807) is 0 Å². The number of nitrogens with zero attached hydrogens (tertiary/aromatic N) is 3. The predicted molar refractivity (Wildman–Crippen MR) is 97.2 cm³/mol. The number of carbonyl (C=O) groups is 1. The van der Waals surface area contributed by atoms with Crippen molar-refractivity contribution in [1.29, 1.82) is 5.26 Å². The molecule has 28 heavy (non-hydrogen) atoms. The maximum Gasteiger partial charge on any atom is 0.247 e. The minimum atomic E-state index is -3.23. The van der Waals surface area contributed by atoms with Crippen LogP contribution in [0.4, 0.5) is 8.78 Å². The van der Waals surface area contributed by atoms with Gasteiger partial charge in [-0.2, -0.15) is 9.68 Å². The molecule has 1 aliphatic heterocycles. The summed E-state index contributed by atoms with van der Waals surface area (Å²) in [6.45, 7) is 1.49. The Labute approximate surface area is 166 Å². The number of halogens is 2. The van der Waals surface area contributed by atoms with E-state index < -0.39 is 41.1 Å². The highest BCUT2D eigenvalue weighted by Crippen LogP contribution is 2.46. The monoisotopic (exact) mass is 417 g/mol. The van der Waals surface area contributed by atoms with Gasteiger partial charge in [-0.05, 0) is 50.9 Å². The van der Waals surface area contributed by atoms with Crippen molar-refractivity contribution >= 4 is 17.2 Å². The molecule has 2 atom stereocenters. The van der Waals surface area contributed by atoms with Crippen LogP contribution in [0.25, 0.3) is 0 Å². The Morgan fingerprint density at radius 2 is 1.86 bits per heavy atom. The van der Waals surface area contributed by atoms with Gasteiger partial charge in [-0.15, -0.1) is 0 Å². The van der Waals surface area contributed by atoms with E-state index in [9.17, 15) is 27.6 Å². The van der Waals surface area contributed by atoms with Crippen LogP contribution in [0.5, 0.6) is 0 Å². The lowest BCUT2D eigenvalue weighted by Crippen LogP contribution is -2.60. The third-order valence-electron chi connectivity index (χ3n) is 6.34. The Hall–Kier alpha value is -1.15. The molecule has 0 aromatic heterocycles. The van der Waals surface area contributed by atoms with Crippen LogP contribution in [0.1, 0.15) is 64.7 Å². The number of hydrogen-bond acceptors (Lipinski definition) is 5. The molecule has 2 aliphatic carbocycles. The maximum atomic E-state index is 13.8. The molecule has 3 fully saturated rings. The molecule has 2 unspecified atom stereocenters. The van der Waals surface area contributed by atoms with Gasteiger partial charge in [-0.3, -0.25) is 9.00 Å². The zero-order chi connectivity index (χ0) is 20.6. The summed E-state index contributed by atoms with van der Waals surface area (Å²) in [6, 6.07) is 0.394. The van der Waals surface area contributed by atoms with Gasteiger partial charge in [-0.25, -0.2) is 13.8 Å². The van der Waals surface area contributed by atoms with Crippen LogP contribution in [-0.4, -0.2) is 54.7 Å². The van der Waals surface area contributed by atoms with Crippen molar-refractivity contribution in [3.05, 3.63) is 0 Å². The number of amides is 1. The van der Waals surface area contributed by atoms with E-state index in [4.69, 9.17) is 0 Å². The molecule has 7 nitrogen and oxygen atoms in total. The minimum absolute atomic E-state index is 0.220. The van der Waals surface area contributed by atoms with Crippen molar-refractivity contribution in [3.63, 3.8) is 0 Å². The number of piperidine rings is 1. The Bertz CT molecular complexity index is 659. The number of hydrazine groups is 1. The Morgan fingerprint density at radius 1 is 1.29 bits per heavy atom. The second-order valence-corrected chi connectivity index (χ2v) is 9.46. The molecule has 1 spiro atoms. The summed E-state index contributed by atoms with van der Waals surface area (Å²) in [4.78, 5) is 12.7. The summed E-state index contributed by atoms with van der Waals surface area (Å²) >= 11 is -2.88. The number of carbonyl (C=O) groups excluding carboxylic acids is 1. The zero-order valence-electron chi connectivity index (χ0n) is 16.1. The first kappa shape index (κ1) is 21.6. The smallest absolute Gasteiger partial charge is 0.247 e. The van der Waals surface area contributed by atoms with Gasteiger partial charge in [0.05, 0.1) is 6.07 Å². The number of hydrogen-bond donors (Lipinski definition) is 1. The van der Waals surface area contributed by atoms with E-state index in [2.05, 4.69) is 5.32 Å². The topological polar surface area (TPSA) is 99.5 Å². The van der Waals surface area contributed by atoms with E-state index >= 15 is 0 Å². The molecule has 1 N–H and O–H groups in total. The fraction of sp³-hybridized carbons (Fsp3) is 0.889. The summed E-state index contributed by atoms with van der Waals surface area (Å²) in [6.07, 6.45) is 6.09. The first-order valence-corrected chi connectivity index (χ1v) is 10.9. The van der Waals surface area contributed by atoms with Gasteiger partial charge in [0.1, 0.15) is 11.6 Å². The van der Waals surface area contributed by atoms with Crippen molar-refractivity contribution in [2.75, 3.05) is 13.1 Å². The van der Waals surface area contributed by atoms with Gasteiger partial charge in [-0.1, -0.05) is 12.8 Å². The van der Waals surface area contributed by atoms with E-state index in [0.717, 1.165) is 30.1 Å². The molecule has 0 aromatic carbocycles. The first-order valence-electron chi connectivity index (χ1n) is 9.83. The molecule has 3 aliphatic rings. The Kier molecular flexibility index (Phi) is 6.11. The summed E-state index contributed by atoms with van der Waals surface area (Å²) < 4.78 is 52.4. The lowest BCUT2D eigenvalue weighted by atomic mass is 9.77. The molecule has 1 amide bonds. The minimum Gasteiger partial charge on any atom is -0.759 e. The van der Waals surface area contributed by atoms with Crippen LogP contribution in [0, 0.1) is 16.7 Å². The van der Waals surface area contributed by atoms with Crippen LogP contribution in [0.3, 0.4) is 0 Å². The van der Waals surface area contributed by atoms with Crippen LogP contribution in [0.15, 0.2) is 0 Å². The third-order valence-corrected chi connectivity index (χ3v) is 7.13. The van der Waals surface area contributed by atoms with Crippen molar-refractivity contribution in [1.82, 2.24) is 14.7 Å². The van der Waals surface area contributed by atoms with Crippen molar-refractivity contribution in [3.8, 4) is 6.07 Å². The maximum absolute atomic E-state index is 13.8. The van der Waals surface area contributed by atoms with Crippen LogP contribution in [-0.2, 0) is 16.1 Å². The van der Waals surface area contributed by atoms with Crippen LogP contribution in [0.2, 0.25) is 0 Å². The summed E-state index contributed by atoms with van der Waals surface area (Å²) in [5.74, 6) is -4.07. The van der Waals surface area contributed by atoms with Crippen molar-refractivity contribution in [2.45, 2.75) is 82.2 Å². The molecule has 1 heterocycles. The number of rotatable bonds is 7. The van der Waals surface area contributed by atoms with Crippen molar-refractivity contribution in [2.24, 2.45) is 5.41 Å². The SMILES string of the molecule is CC(F)(F)CC(C(=O)NC1(C#N)CC1)N(N1CCC2(CCCC2)CC1)S(=O)[O-]. The third kappa shape index (κ3) is 4.87. The summed E-state index contributed by atoms with van der Waals surface area (Å²) in [5, 5.41) is 13.2.